The van der Waals surface area contributed by atoms with Crippen molar-refractivity contribution in [1.82, 2.24) is 10.3 Å². The summed E-state index contributed by atoms with van der Waals surface area (Å²) < 4.78 is 5.10. The summed E-state index contributed by atoms with van der Waals surface area (Å²) in [5, 5.41) is 6.24. The third kappa shape index (κ3) is 1.91. The van der Waals surface area contributed by atoms with Gasteiger partial charge in [-0.15, -0.1) is 0 Å². The first-order chi connectivity index (χ1) is 6.83. The summed E-state index contributed by atoms with van der Waals surface area (Å²) in [6.45, 7) is 0. The van der Waals surface area contributed by atoms with Crippen LogP contribution >= 0.6 is 11.3 Å². The van der Waals surface area contributed by atoms with Crippen molar-refractivity contribution in [2.75, 3.05) is 14.2 Å². The van der Waals surface area contributed by atoms with Crippen LogP contribution in [0.4, 0.5) is 0 Å². The molecule has 1 aliphatic carbocycles. The molecule has 1 saturated carbocycles. The molecule has 3 nitrogen and oxygen atoms in total. The lowest BCUT2D eigenvalue weighted by atomic mass is 10.1. The molecule has 0 saturated heterocycles. The minimum Gasteiger partial charge on any atom is -0.473 e. The number of thiazole rings is 1. The lowest BCUT2D eigenvalue weighted by Crippen LogP contribution is -2.21. The van der Waals surface area contributed by atoms with Crippen molar-refractivity contribution in [3.05, 3.63) is 11.1 Å². The predicted octanol–water partition coefficient (Wildman–Crippen LogP) is 2.01. The molecular weight excluding hydrogens is 196 g/mol. The average Bonchev–Trinajstić information content (AvgIpc) is 2.86. The molecule has 2 unspecified atom stereocenters. The number of aromatic nitrogens is 1. The van der Waals surface area contributed by atoms with Crippen LogP contribution in [-0.4, -0.2) is 25.2 Å². The highest BCUT2D eigenvalue weighted by Gasteiger charge is 2.26. The van der Waals surface area contributed by atoms with Gasteiger partial charge in [0.2, 0.25) is 0 Å². The van der Waals surface area contributed by atoms with Crippen molar-refractivity contribution in [1.29, 1.82) is 0 Å². The van der Waals surface area contributed by atoms with E-state index in [-0.39, 0.29) is 0 Å². The Morgan fingerprint density at radius 2 is 2.43 bits per heavy atom. The maximum Gasteiger partial charge on any atom is 0.273 e. The molecule has 1 aliphatic rings. The van der Waals surface area contributed by atoms with E-state index in [1.807, 2.05) is 7.05 Å². The highest BCUT2D eigenvalue weighted by Crippen LogP contribution is 2.35. The lowest BCUT2D eigenvalue weighted by molar-refractivity contribution is 0.409. The zero-order chi connectivity index (χ0) is 9.97. The molecule has 0 aliphatic heterocycles. The Morgan fingerprint density at radius 1 is 1.57 bits per heavy atom. The predicted molar refractivity (Wildman–Crippen MR) is 58.1 cm³/mol. The Bertz CT molecular complexity index is 300. The van der Waals surface area contributed by atoms with Gasteiger partial charge in [-0.1, -0.05) is 11.3 Å². The normalized spacial score (nSPS) is 26.7. The van der Waals surface area contributed by atoms with E-state index in [0.29, 0.717) is 12.0 Å². The summed E-state index contributed by atoms with van der Waals surface area (Å²) in [4.78, 5) is 4.45. The van der Waals surface area contributed by atoms with Crippen molar-refractivity contribution in [2.24, 2.45) is 0 Å². The van der Waals surface area contributed by atoms with Gasteiger partial charge in [-0.2, -0.15) is 0 Å². The molecule has 1 heterocycles. The number of nitrogens with zero attached hydrogens (tertiary/aromatic N) is 1. The number of hydrogen-bond donors (Lipinski definition) is 1. The molecule has 0 bridgehead atoms. The molecule has 0 spiro atoms. The van der Waals surface area contributed by atoms with Crippen LogP contribution in [0, 0.1) is 0 Å². The zero-order valence-electron chi connectivity index (χ0n) is 8.62. The molecule has 4 heteroatoms. The molecule has 1 fully saturated rings. The Balaban J connectivity index is 2.02. The molecule has 1 N–H and O–H groups in total. The van der Waals surface area contributed by atoms with Crippen LogP contribution in [0.15, 0.2) is 5.38 Å². The molecule has 0 amide bonds. The second-order valence-electron chi connectivity index (χ2n) is 3.74. The first kappa shape index (κ1) is 9.93. The molecule has 14 heavy (non-hydrogen) atoms. The van der Waals surface area contributed by atoms with Crippen LogP contribution in [0.1, 0.15) is 30.9 Å². The van der Waals surface area contributed by atoms with Crippen LogP contribution in [0.25, 0.3) is 0 Å². The lowest BCUT2D eigenvalue weighted by Gasteiger charge is -2.07. The van der Waals surface area contributed by atoms with Crippen molar-refractivity contribution in [3.63, 3.8) is 0 Å². The maximum atomic E-state index is 5.10. The molecular formula is C10H16N2OS. The molecule has 1 aromatic heterocycles. The van der Waals surface area contributed by atoms with Gasteiger partial charge in [-0.3, -0.25) is 0 Å². The minimum absolute atomic E-state index is 0.632. The van der Waals surface area contributed by atoms with Gasteiger partial charge in [0.05, 0.1) is 12.8 Å². The van der Waals surface area contributed by atoms with E-state index >= 15 is 0 Å². The SMILES string of the molecule is CNC1CCC(c2csc(OC)n2)C1. The number of methoxy groups -OCH3 is 1. The summed E-state index contributed by atoms with van der Waals surface area (Å²) >= 11 is 1.59. The van der Waals surface area contributed by atoms with Crippen molar-refractivity contribution >= 4 is 11.3 Å². The smallest absolute Gasteiger partial charge is 0.273 e. The van der Waals surface area contributed by atoms with Crippen LogP contribution in [0.3, 0.4) is 0 Å². The van der Waals surface area contributed by atoms with E-state index in [9.17, 15) is 0 Å². The summed E-state index contributed by atoms with van der Waals surface area (Å²) in [6, 6.07) is 0.674. The summed E-state index contributed by atoms with van der Waals surface area (Å²) in [7, 11) is 3.71. The van der Waals surface area contributed by atoms with Gasteiger partial charge < -0.3 is 10.1 Å². The zero-order valence-corrected chi connectivity index (χ0v) is 9.43. The summed E-state index contributed by atoms with van der Waals surface area (Å²) in [6.07, 6.45) is 3.72. The highest BCUT2D eigenvalue weighted by molar-refractivity contribution is 7.11. The van der Waals surface area contributed by atoms with E-state index in [0.717, 1.165) is 5.19 Å². The van der Waals surface area contributed by atoms with Gasteiger partial charge >= 0.3 is 0 Å². The van der Waals surface area contributed by atoms with E-state index in [1.165, 1.54) is 25.0 Å². The van der Waals surface area contributed by atoms with Gasteiger partial charge in [-0.25, -0.2) is 4.98 Å². The van der Waals surface area contributed by atoms with E-state index in [2.05, 4.69) is 15.7 Å². The van der Waals surface area contributed by atoms with Crippen molar-refractivity contribution < 1.29 is 4.74 Å². The molecule has 2 atom stereocenters. The fourth-order valence-electron chi connectivity index (χ4n) is 2.06. The molecule has 78 valence electrons. The first-order valence-electron chi connectivity index (χ1n) is 5.00. The quantitative estimate of drug-likeness (QED) is 0.832. The fraction of sp³-hybridized carbons (Fsp3) is 0.700. The molecule has 1 aromatic rings. The minimum atomic E-state index is 0.632. The first-order valence-corrected chi connectivity index (χ1v) is 5.88. The van der Waals surface area contributed by atoms with Crippen LogP contribution < -0.4 is 10.1 Å². The van der Waals surface area contributed by atoms with Gasteiger partial charge in [0.15, 0.2) is 0 Å². The van der Waals surface area contributed by atoms with Crippen LogP contribution in [-0.2, 0) is 0 Å². The number of nitrogens with one attached hydrogen (secondary N) is 1. The average molecular weight is 212 g/mol. The maximum absolute atomic E-state index is 5.10. The van der Waals surface area contributed by atoms with E-state index in [1.54, 1.807) is 18.4 Å². The second-order valence-corrected chi connectivity index (χ2v) is 4.56. The fourth-order valence-corrected chi connectivity index (χ4v) is 2.78. The van der Waals surface area contributed by atoms with Gasteiger partial charge in [0.1, 0.15) is 0 Å². The summed E-state index contributed by atoms with van der Waals surface area (Å²) in [5.41, 5.74) is 1.21. The van der Waals surface area contributed by atoms with Crippen molar-refractivity contribution in [3.8, 4) is 5.19 Å². The largest absolute Gasteiger partial charge is 0.473 e. The third-order valence-corrected chi connectivity index (χ3v) is 3.75. The highest BCUT2D eigenvalue weighted by atomic mass is 32.1. The molecule has 2 rings (SSSR count). The Kier molecular flexibility index (Phi) is 3.03. The number of hydrogen-bond acceptors (Lipinski definition) is 4. The Hall–Kier alpha value is -0.610. The van der Waals surface area contributed by atoms with Crippen LogP contribution in [0.5, 0.6) is 5.19 Å². The van der Waals surface area contributed by atoms with E-state index in [4.69, 9.17) is 4.74 Å². The van der Waals surface area contributed by atoms with E-state index < -0.39 is 0 Å². The summed E-state index contributed by atoms with van der Waals surface area (Å²) in [5.74, 6) is 0.632. The van der Waals surface area contributed by atoms with Gasteiger partial charge in [0, 0.05) is 17.3 Å². The third-order valence-electron chi connectivity index (χ3n) is 2.93. The Labute approximate surface area is 88.5 Å². The second kappa shape index (κ2) is 4.28. The molecule has 0 aromatic carbocycles. The number of rotatable bonds is 3. The topological polar surface area (TPSA) is 34.1 Å². The van der Waals surface area contributed by atoms with Crippen LogP contribution in [0.2, 0.25) is 0 Å². The standard InChI is InChI=1S/C10H16N2OS/c1-11-8-4-3-7(5-8)9-6-14-10(12-9)13-2/h6-8,11H,3-5H2,1-2H3. The monoisotopic (exact) mass is 212 g/mol. The number of ether oxygens (including phenoxy) is 1. The Morgan fingerprint density at radius 3 is 3.00 bits per heavy atom. The van der Waals surface area contributed by atoms with Gasteiger partial charge in [0.25, 0.3) is 5.19 Å². The molecule has 0 radical (unpaired) electrons. The van der Waals surface area contributed by atoms with Gasteiger partial charge in [-0.05, 0) is 26.3 Å². The van der Waals surface area contributed by atoms with Crippen molar-refractivity contribution in [2.45, 2.75) is 31.2 Å².